The zero-order valence-corrected chi connectivity index (χ0v) is 23.8. The Balaban J connectivity index is 1.75. The molecule has 39 heavy (non-hydrogen) atoms. The van der Waals surface area contributed by atoms with Crippen LogP contribution >= 0.6 is 12.0 Å². The SMILES string of the molecule is CC1(C)C(C=C/C=C2/N(CCO)c3ccc(S(=O)(=O)O)cc3C2(C)C)=[N+](CCO)c2ccc(SOOO)cc21. The average Bonchev–Trinajstić information content (AvgIpc) is 3.21. The van der Waals surface area contributed by atoms with Gasteiger partial charge in [0.2, 0.25) is 5.69 Å². The molecule has 0 aromatic heterocycles. The number of hydrogen-bond donors (Lipinski definition) is 4. The molecule has 2 aliphatic heterocycles. The molecule has 4 rings (SSSR count). The average molecular weight is 578 g/mol. The lowest BCUT2D eigenvalue weighted by Crippen LogP contribution is -2.29. The van der Waals surface area contributed by atoms with Crippen LogP contribution in [0.15, 0.2) is 70.1 Å². The molecule has 2 aliphatic rings. The summed E-state index contributed by atoms with van der Waals surface area (Å²) in [7, 11) is -4.37. The lowest BCUT2D eigenvalue weighted by molar-refractivity contribution is -0.441. The van der Waals surface area contributed by atoms with Crippen LogP contribution in [-0.2, 0) is 30.3 Å². The van der Waals surface area contributed by atoms with Gasteiger partial charge in [0.1, 0.15) is 6.61 Å². The molecule has 0 atom stereocenters. The standard InChI is InChI=1S/C27H32N2O8S2/c1-26(2)20-16-18(38-37-36-32)8-10-22(20)28(12-14-30)24(26)6-5-7-25-27(3,4)21-17-19(39(33,34)35)9-11-23(21)29(25)13-15-31/h5-11,16-17,30-31H,12-15H2,1-4H3,(H-,32,33,34,35)/p+1. The normalized spacial score (nSPS) is 18.9. The van der Waals surface area contributed by atoms with E-state index in [0.29, 0.717) is 13.1 Å². The summed E-state index contributed by atoms with van der Waals surface area (Å²) < 4.78 is 39.8. The highest BCUT2D eigenvalue weighted by Gasteiger charge is 2.45. The first kappa shape index (κ1) is 29.4. The number of anilines is 1. The number of nitrogens with zero attached hydrogens (tertiary/aromatic N) is 2. The van der Waals surface area contributed by atoms with Crippen molar-refractivity contribution in [3.63, 3.8) is 0 Å². The summed E-state index contributed by atoms with van der Waals surface area (Å²) in [5, 5.41) is 31.8. The van der Waals surface area contributed by atoms with E-state index in [0.717, 1.165) is 50.8 Å². The lowest BCUT2D eigenvalue weighted by Gasteiger charge is -2.26. The number of allylic oxidation sites excluding steroid dienone is 4. The van der Waals surface area contributed by atoms with Crippen molar-refractivity contribution in [1.29, 1.82) is 0 Å². The number of β-amino-alcohol motifs (C(OH)–C–C–N with tert-alkyl or cyclic N) is 2. The van der Waals surface area contributed by atoms with Crippen LogP contribution in [0.25, 0.3) is 0 Å². The Kier molecular flexibility index (Phi) is 8.41. The zero-order chi connectivity index (χ0) is 28.6. The number of benzene rings is 2. The van der Waals surface area contributed by atoms with Crippen LogP contribution in [0.1, 0.15) is 38.8 Å². The maximum Gasteiger partial charge on any atom is 0.294 e. The Morgan fingerprint density at radius 3 is 2.41 bits per heavy atom. The summed E-state index contributed by atoms with van der Waals surface area (Å²) >= 11 is 0.883. The summed E-state index contributed by atoms with van der Waals surface area (Å²) in [6.07, 6.45) is 5.85. The summed E-state index contributed by atoms with van der Waals surface area (Å²) in [6, 6.07) is 10.2. The molecule has 0 unspecified atom stereocenters. The van der Waals surface area contributed by atoms with E-state index < -0.39 is 20.9 Å². The van der Waals surface area contributed by atoms with Crippen molar-refractivity contribution < 1.29 is 42.4 Å². The summed E-state index contributed by atoms with van der Waals surface area (Å²) in [6.45, 7) is 8.65. The van der Waals surface area contributed by atoms with Gasteiger partial charge in [0.15, 0.2) is 12.3 Å². The molecule has 0 saturated carbocycles. The van der Waals surface area contributed by atoms with Gasteiger partial charge >= 0.3 is 0 Å². The topological polar surface area (TPSA) is 140 Å². The first-order valence-corrected chi connectivity index (χ1v) is 14.5. The molecule has 0 bridgehead atoms. The van der Waals surface area contributed by atoms with Crippen molar-refractivity contribution >= 4 is 39.2 Å². The fraction of sp³-hybridized carbons (Fsp3) is 0.370. The van der Waals surface area contributed by atoms with Gasteiger partial charge in [0, 0.05) is 45.9 Å². The number of aliphatic hydroxyl groups excluding tert-OH is 2. The van der Waals surface area contributed by atoms with Crippen molar-refractivity contribution in [2.45, 2.75) is 48.3 Å². The molecule has 10 nitrogen and oxygen atoms in total. The quantitative estimate of drug-likeness (QED) is 0.108. The molecule has 2 aromatic carbocycles. The summed E-state index contributed by atoms with van der Waals surface area (Å²) in [5.41, 5.74) is 4.24. The van der Waals surface area contributed by atoms with Gasteiger partial charge in [0.25, 0.3) is 10.1 Å². The number of rotatable bonds is 10. The van der Waals surface area contributed by atoms with Crippen molar-refractivity contribution in [2.75, 3.05) is 31.2 Å². The van der Waals surface area contributed by atoms with E-state index in [1.807, 2.05) is 55.2 Å². The van der Waals surface area contributed by atoms with Gasteiger partial charge in [-0.1, -0.05) is 25.0 Å². The highest BCUT2D eigenvalue weighted by Crippen LogP contribution is 2.48. The van der Waals surface area contributed by atoms with Gasteiger partial charge in [0.05, 0.1) is 29.0 Å². The first-order valence-electron chi connectivity index (χ1n) is 12.3. The maximum atomic E-state index is 11.8. The van der Waals surface area contributed by atoms with Gasteiger partial charge < -0.3 is 15.1 Å². The molecule has 2 heterocycles. The second kappa shape index (κ2) is 11.1. The summed E-state index contributed by atoms with van der Waals surface area (Å²) in [4.78, 5) is 2.51. The van der Waals surface area contributed by atoms with Crippen LogP contribution in [0.5, 0.6) is 0 Å². The Labute approximate surface area is 232 Å². The highest BCUT2D eigenvalue weighted by molar-refractivity contribution is 7.94. The molecule has 0 radical (unpaired) electrons. The van der Waals surface area contributed by atoms with Crippen LogP contribution in [-0.4, -0.2) is 65.0 Å². The van der Waals surface area contributed by atoms with E-state index in [-0.39, 0.29) is 18.1 Å². The molecule has 0 spiro atoms. The molecule has 0 aliphatic carbocycles. The first-order chi connectivity index (χ1) is 18.4. The predicted octanol–water partition coefficient (Wildman–Crippen LogP) is 3.96. The van der Waals surface area contributed by atoms with Crippen LogP contribution in [0.2, 0.25) is 0 Å². The lowest BCUT2D eigenvalue weighted by atomic mass is 9.81. The minimum absolute atomic E-state index is 0.0470. The largest absolute Gasteiger partial charge is 0.395 e. The van der Waals surface area contributed by atoms with E-state index in [9.17, 15) is 23.2 Å². The second-order valence-electron chi connectivity index (χ2n) is 10.4. The Morgan fingerprint density at radius 1 is 1.03 bits per heavy atom. The molecular formula is C27H33N2O8S2+. The fourth-order valence-corrected chi connectivity index (χ4v) is 6.39. The van der Waals surface area contributed by atoms with Crippen LogP contribution < -0.4 is 4.90 Å². The smallest absolute Gasteiger partial charge is 0.294 e. The molecule has 0 saturated heterocycles. The maximum absolute atomic E-state index is 11.8. The van der Waals surface area contributed by atoms with E-state index in [1.165, 1.54) is 12.1 Å². The third kappa shape index (κ3) is 5.43. The van der Waals surface area contributed by atoms with Crippen LogP contribution in [0.3, 0.4) is 0 Å². The number of aliphatic hydroxyl groups is 2. The zero-order valence-electron chi connectivity index (χ0n) is 22.2. The third-order valence-electron chi connectivity index (χ3n) is 7.34. The van der Waals surface area contributed by atoms with Crippen molar-refractivity contribution in [3.05, 3.63) is 71.5 Å². The Morgan fingerprint density at radius 2 is 1.77 bits per heavy atom. The molecule has 2 aromatic rings. The minimum atomic E-state index is -4.37. The molecule has 4 N–H and O–H groups in total. The van der Waals surface area contributed by atoms with Crippen LogP contribution in [0, 0.1) is 0 Å². The minimum Gasteiger partial charge on any atom is -0.395 e. The molecule has 0 fully saturated rings. The monoisotopic (exact) mass is 577 g/mol. The number of hydrogen-bond acceptors (Lipinski definition) is 9. The van der Waals surface area contributed by atoms with Gasteiger partial charge in [-0.05, 0) is 55.8 Å². The van der Waals surface area contributed by atoms with E-state index >= 15 is 0 Å². The van der Waals surface area contributed by atoms with E-state index in [1.54, 1.807) is 6.07 Å². The number of fused-ring (bicyclic) bond motifs is 2. The van der Waals surface area contributed by atoms with Gasteiger partial charge in [-0.15, -0.1) is 4.33 Å². The van der Waals surface area contributed by atoms with Gasteiger partial charge in [-0.2, -0.15) is 13.0 Å². The molecule has 0 amide bonds. The third-order valence-corrected chi connectivity index (χ3v) is 8.77. The summed E-state index contributed by atoms with van der Waals surface area (Å²) in [5.74, 6) is 0. The Bertz CT molecular complexity index is 1460. The predicted molar refractivity (Wildman–Crippen MR) is 148 cm³/mol. The van der Waals surface area contributed by atoms with Crippen molar-refractivity contribution in [3.8, 4) is 0 Å². The van der Waals surface area contributed by atoms with E-state index in [2.05, 4.69) is 27.8 Å². The van der Waals surface area contributed by atoms with Crippen molar-refractivity contribution in [2.24, 2.45) is 0 Å². The van der Waals surface area contributed by atoms with E-state index in [4.69, 9.17) is 5.26 Å². The molecule has 210 valence electrons. The second-order valence-corrected chi connectivity index (χ2v) is 12.6. The molecule has 12 heteroatoms. The van der Waals surface area contributed by atoms with Gasteiger partial charge in [-0.3, -0.25) is 4.55 Å². The van der Waals surface area contributed by atoms with Gasteiger partial charge in [-0.25, -0.2) is 5.26 Å². The highest BCUT2D eigenvalue weighted by atomic mass is 32.2. The van der Waals surface area contributed by atoms with Crippen LogP contribution in [0.4, 0.5) is 11.4 Å². The molecular weight excluding hydrogens is 544 g/mol. The van der Waals surface area contributed by atoms with Crippen molar-refractivity contribution in [1.82, 2.24) is 0 Å². The Hall–Kier alpha value is -2.55. The fourth-order valence-electron chi connectivity index (χ4n) is 5.49.